The Kier molecular flexibility index (Phi) is 6.80. The van der Waals surface area contributed by atoms with Crippen LogP contribution < -0.4 is 10.0 Å². The fraction of sp³-hybridized carbons (Fsp3) is 0.278. The molecule has 0 heterocycles. The van der Waals surface area contributed by atoms with Gasteiger partial charge in [0.05, 0.1) is 10.1 Å². The summed E-state index contributed by atoms with van der Waals surface area (Å²) in [6, 6.07) is 11.9. The van der Waals surface area contributed by atoms with Crippen LogP contribution in [0.25, 0.3) is 0 Å². The van der Waals surface area contributed by atoms with Crippen LogP contribution in [0, 0.1) is 5.82 Å². The van der Waals surface area contributed by atoms with Crippen molar-refractivity contribution in [2.45, 2.75) is 41.9 Å². The number of halogens is 1. The van der Waals surface area contributed by atoms with E-state index in [1.54, 1.807) is 39.0 Å². The fourth-order valence-electron chi connectivity index (χ4n) is 2.12. The normalized spacial score (nSPS) is 12.8. The maximum Gasteiger partial charge on any atom is 0.240 e. The Hall–Kier alpha value is -1.90. The Morgan fingerprint density at radius 3 is 2.23 bits per heavy atom. The second-order valence-electron chi connectivity index (χ2n) is 5.98. The van der Waals surface area contributed by atoms with Gasteiger partial charge in [0, 0.05) is 16.6 Å². The van der Waals surface area contributed by atoms with Crippen molar-refractivity contribution in [1.82, 2.24) is 4.72 Å². The number of anilines is 1. The highest BCUT2D eigenvalue weighted by atomic mass is 32.2. The highest BCUT2D eigenvalue weighted by molar-refractivity contribution is 8.00. The van der Waals surface area contributed by atoms with Gasteiger partial charge in [-0.05, 0) is 57.2 Å². The van der Waals surface area contributed by atoms with Gasteiger partial charge in [0.1, 0.15) is 5.82 Å². The molecule has 0 radical (unpaired) electrons. The number of carbonyl (C=O) groups is 1. The highest BCUT2D eigenvalue weighted by Gasteiger charge is 2.18. The van der Waals surface area contributed by atoms with Crippen molar-refractivity contribution < 1.29 is 17.6 Å². The van der Waals surface area contributed by atoms with Gasteiger partial charge in [0.25, 0.3) is 0 Å². The number of nitrogens with one attached hydrogen (secondary N) is 2. The molecule has 26 heavy (non-hydrogen) atoms. The number of hydrogen-bond donors (Lipinski definition) is 2. The Bertz CT molecular complexity index is 868. The van der Waals surface area contributed by atoms with E-state index >= 15 is 0 Å². The molecule has 0 aliphatic heterocycles. The van der Waals surface area contributed by atoms with Crippen LogP contribution >= 0.6 is 11.8 Å². The Morgan fingerprint density at radius 2 is 1.65 bits per heavy atom. The van der Waals surface area contributed by atoms with Crippen LogP contribution in [-0.2, 0) is 14.8 Å². The van der Waals surface area contributed by atoms with Crippen molar-refractivity contribution in [3.8, 4) is 0 Å². The Morgan fingerprint density at radius 1 is 1.04 bits per heavy atom. The molecule has 140 valence electrons. The smallest absolute Gasteiger partial charge is 0.240 e. The number of sulfonamides is 1. The molecular weight excluding hydrogens is 375 g/mol. The average molecular weight is 397 g/mol. The van der Waals surface area contributed by atoms with E-state index < -0.39 is 15.3 Å². The minimum absolute atomic E-state index is 0.123. The molecule has 0 fully saturated rings. The van der Waals surface area contributed by atoms with Crippen molar-refractivity contribution in [1.29, 1.82) is 0 Å². The molecule has 0 aliphatic rings. The number of carbonyl (C=O) groups excluding carboxylic acids is 1. The number of rotatable bonds is 7. The molecule has 0 aliphatic carbocycles. The number of hydrogen-bond acceptors (Lipinski definition) is 4. The van der Waals surface area contributed by atoms with E-state index in [1.807, 2.05) is 0 Å². The third-order valence-electron chi connectivity index (χ3n) is 3.33. The zero-order chi connectivity index (χ0) is 19.3. The Balaban J connectivity index is 2.02. The largest absolute Gasteiger partial charge is 0.325 e. The van der Waals surface area contributed by atoms with Gasteiger partial charge in [-0.2, -0.15) is 0 Å². The fourth-order valence-corrected chi connectivity index (χ4v) is 4.26. The van der Waals surface area contributed by atoms with Gasteiger partial charge in [0.2, 0.25) is 15.9 Å². The standard InChI is InChI=1S/C18H21FN2O3S2/c1-12(2)21-26(23,24)15-10-8-14(9-11-15)20-18(22)13(3)25-17-7-5-4-6-16(17)19/h4-13,21H,1-3H3,(H,20,22). The summed E-state index contributed by atoms with van der Waals surface area (Å²) in [6.07, 6.45) is 0. The lowest BCUT2D eigenvalue weighted by Gasteiger charge is -2.13. The summed E-state index contributed by atoms with van der Waals surface area (Å²) in [7, 11) is -3.58. The van der Waals surface area contributed by atoms with E-state index in [4.69, 9.17) is 0 Å². The molecule has 0 saturated heterocycles. The first-order valence-corrected chi connectivity index (χ1v) is 10.4. The first-order valence-electron chi connectivity index (χ1n) is 8.03. The quantitative estimate of drug-likeness (QED) is 0.701. The van der Waals surface area contributed by atoms with Crippen LogP contribution in [-0.4, -0.2) is 25.6 Å². The second-order valence-corrected chi connectivity index (χ2v) is 9.08. The highest BCUT2D eigenvalue weighted by Crippen LogP contribution is 2.26. The third-order valence-corrected chi connectivity index (χ3v) is 6.16. The lowest BCUT2D eigenvalue weighted by molar-refractivity contribution is -0.115. The molecule has 5 nitrogen and oxygen atoms in total. The molecule has 0 aromatic heterocycles. The van der Waals surface area contributed by atoms with E-state index in [2.05, 4.69) is 10.0 Å². The van der Waals surface area contributed by atoms with Crippen LogP contribution in [0.4, 0.5) is 10.1 Å². The molecule has 2 aromatic rings. The van der Waals surface area contributed by atoms with Gasteiger partial charge in [-0.1, -0.05) is 12.1 Å². The summed E-state index contributed by atoms with van der Waals surface area (Å²) >= 11 is 1.12. The molecule has 0 spiro atoms. The minimum atomic E-state index is -3.58. The summed E-state index contributed by atoms with van der Waals surface area (Å²) in [5.41, 5.74) is 0.472. The van der Waals surface area contributed by atoms with Crippen molar-refractivity contribution in [2.24, 2.45) is 0 Å². The topological polar surface area (TPSA) is 75.3 Å². The lowest BCUT2D eigenvalue weighted by Crippen LogP contribution is -2.30. The average Bonchev–Trinajstić information content (AvgIpc) is 2.56. The zero-order valence-electron chi connectivity index (χ0n) is 14.7. The maximum atomic E-state index is 13.7. The molecule has 1 amide bonds. The zero-order valence-corrected chi connectivity index (χ0v) is 16.3. The van der Waals surface area contributed by atoms with Crippen molar-refractivity contribution >= 4 is 33.4 Å². The van der Waals surface area contributed by atoms with E-state index in [0.29, 0.717) is 10.6 Å². The summed E-state index contributed by atoms with van der Waals surface area (Å²) in [4.78, 5) is 12.8. The van der Waals surface area contributed by atoms with Crippen LogP contribution in [0.15, 0.2) is 58.3 Å². The first-order chi connectivity index (χ1) is 12.2. The number of thioether (sulfide) groups is 1. The number of benzene rings is 2. The number of amides is 1. The second kappa shape index (κ2) is 8.66. The van der Waals surface area contributed by atoms with E-state index in [9.17, 15) is 17.6 Å². The van der Waals surface area contributed by atoms with Gasteiger partial charge in [-0.25, -0.2) is 17.5 Å². The van der Waals surface area contributed by atoms with Crippen molar-refractivity contribution in [3.63, 3.8) is 0 Å². The van der Waals surface area contributed by atoms with E-state index in [0.717, 1.165) is 11.8 Å². The Labute approximate surface area is 157 Å². The van der Waals surface area contributed by atoms with Gasteiger partial charge < -0.3 is 5.32 Å². The summed E-state index contributed by atoms with van der Waals surface area (Å²) < 4.78 is 40.3. The third kappa shape index (κ3) is 5.55. The molecule has 2 N–H and O–H groups in total. The SMILES string of the molecule is CC(C)NS(=O)(=O)c1ccc(NC(=O)C(C)Sc2ccccc2F)cc1. The maximum absolute atomic E-state index is 13.7. The predicted octanol–water partition coefficient (Wildman–Crippen LogP) is 3.63. The van der Waals surface area contributed by atoms with Gasteiger partial charge in [0.15, 0.2) is 0 Å². The monoisotopic (exact) mass is 396 g/mol. The molecule has 1 atom stereocenters. The van der Waals surface area contributed by atoms with Crippen molar-refractivity contribution in [3.05, 3.63) is 54.3 Å². The van der Waals surface area contributed by atoms with E-state index in [1.165, 1.54) is 30.3 Å². The van der Waals surface area contributed by atoms with E-state index in [-0.39, 0.29) is 22.7 Å². The molecule has 2 rings (SSSR count). The molecule has 8 heteroatoms. The van der Waals surface area contributed by atoms with Crippen LogP contribution in [0.3, 0.4) is 0 Å². The van der Waals surface area contributed by atoms with Crippen LogP contribution in [0.1, 0.15) is 20.8 Å². The first kappa shape index (κ1) is 20.4. The molecule has 1 unspecified atom stereocenters. The minimum Gasteiger partial charge on any atom is -0.325 e. The summed E-state index contributed by atoms with van der Waals surface area (Å²) in [6.45, 7) is 5.15. The predicted molar refractivity (Wildman–Crippen MR) is 102 cm³/mol. The lowest BCUT2D eigenvalue weighted by atomic mass is 10.3. The molecule has 0 saturated carbocycles. The summed E-state index contributed by atoms with van der Waals surface area (Å²) in [5.74, 6) is -0.668. The van der Waals surface area contributed by atoms with Crippen molar-refractivity contribution in [2.75, 3.05) is 5.32 Å². The van der Waals surface area contributed by atoms with Gasteiger partial charge in [-0.15, -0.1) is 11.8 Å². The van der Waals surface area contributed by atoms with Crippen LogP contribution in [0.5, 0.6) is 0 Å². The molecular formula is C18H21FN2O3S2. The van der Waals surface area contributed by atoms with Gasteiger partial charge >= 0.3 is 0 Å². The molecule has 0 bridgehead atoms. The summed E-state index contributed by atoms with van der Waals surface area (Å²) in [5, 5.41) is 2.19. The molecule has 2 aromatic carbocycles. The van der Waals surface area contributed by atoms with Gasteiger partial charge in [-0.3, -0.25) is 4.79 Å². The van der Waals surface area contributed by atoms with Crippen LogP contribution in [0.2, 0.25) is 0 Å².